The van der Waals surface area contributed by atoms with Crippen LogP contribution < -0.4 is 9.94 Å². The van der Waals surface area contributed by atoms with Crippen molar-refractivity contribution in [2.45, 2.75) is 13.8 Å². The third-order valence-corrected chi connectivity index (χ3v) is 3.48. The maximum Gasteiger partial charge on any atom is 0.174 e. The first-order chi connectivity index (χ1) is 11.1. The quantitative estimate of drug-likeness (QED) is 0.751. The van der Waals surface area contributed by atoms with Crippen molar-refractivity contribution in [3.05, 3.63) is 48.0 Å². The Morgan fingerprint density at radius 2 is 2.09 bits per heavy atom. The zero-order chi connectivity index (χ0) is 16.4. The van der Waals surface area contributed by atoms with Gasteiger partial charge in [0.1, 0.15) is 5.82 Å². The molecule has 1 aromatic heterocycles. The molecule has 0 saturated carbocycles. The Labute approximate surface area is 133 Å². The van der Waals surface area contributed by atoms with Crippen LogP contribution in [0.5, 0.6) is 5.75 Å². The largest absolute Gasteiger partial charge is 0.528 e. The number of aromatic amines is 1. The molecule has 3 aromatic rings. The van der Waals surface area contributed by atoms with Gasteiger partial charge in [0.25, 0.3) is 0 Å². The molecule has 0 aliphatic carbocycles. The highest BCUT2D eigenvalue weighted by Gasteiger charge is 2.13. The van der Waals surface area contributed by atoms with Crippen LogP contribution in [0.3, 0.4) is 0 Å². The molecule has 0 spiro atoms. The Morgan fingerprint density at radius 3 is 2.83 bits per heavy atom. The van der Waals surface area contributed by atoms with E-state index in [4.69, 9.17) is 4.84 Å². The molecule has 0 fully saturated rings. The second kappa shape index (κ2) is 6.00. The summed E-state index contributed by atoms with van der Waals surface area (Å²) in [6.45, 7) is 3.84. The number of aromatic nitrogens is 2. The van der Waals surface area contributed by atoms with Crippen LogP contribution in [-0.4, -0.2) is 27.7 Å². The number of nitrogens with one attached hydrogen (secondary N) is 1. The Kier molecular flexibility index (Phi) is 3.89. The van der Waals surface area contributed by atoms with Crippen molar-refractivity contribution in [3.63, 3.8) is 0 Å². The van der Waals surface area contributed by atoms with Gasteiger partial charge in [-0.2, -0.15) is 5.06 Å². The lowest BCUT2D eigenvalue weighted by Gasteiger charge is -2.23. The van der Waals surface area contributed by atoms with Gasteiger partial charge in [-0.05, 0) is 43.7 Å². The number of aryl methyl sites for hydroxylation is 1. The van der Waals surface area contributed by atoms with Gasteiger partial charge in [-0.1, -0.05) is 18.2 Å². The second-order valence-electron chi connectivity index (χ2n) is 5.15. The number of carboxylic acid groups (broad SMARTS) is 1. The predicted molar refractivity (Wildman–Crippen MR) is 84.7 cm³/mol. The maximum atomic E-state index is 11.0. The predicted octanol–water partition coefficient (Wildman–Crippen LogP) is 2.50. The Morgan fingerprint density at radius 1 is 1.30 bits per heavy atom. The van der Waals surface area contributed by atoms with Gasteiger partial charge < -0.3 is 19.7 Å². The van der Waals surface area contributed by atoms with E-state index in [0.717, 1.165) is 21.7 Å². The number of hydroxylamine groups is 2. The van der Waals surface area contributed by atoms with Crippen molar-refractivity contribution in [1.82, 2.24) is 15.0 Å². The SMILES string of the molecule is CCN(Oc1ccccc1-c1nc2ccc(C)cc2[nH]1)C(=O)[O-]. The van der Waals surface area contributed by atoms with Crippen LogP contribution in [0.15, 0.2) is 42.5 Å². The number of carbonyl (C=O) groups excluding carboxylic acids is 1. The summed E-state index contributed by atoms with van der Waals surface area (Å²) in [5, 5.41) is 11.8. The Bertz CT molecular complexity index is 857. The minimum atomic E-state index is -1.39. The van der Waals surface area contributed by atoms with Gasteiger partial charge in [-0.15, -0.1) is 0 Å². The Balaban J connectivity index is 2.03. The summed E-state index contributed by atoms with van der Waals surface area (Å²) in [7, 11) is 0. The summed E-state index contributed by atoms with van der Waals surface area (Å²) in [5.41, 5.74) is 3.57. The van der Waals surface area contributed by atoms with Gasteiger partial charge in [0, 0.05) is 0 Å². The number of imidazole rings is 1. The van der Waals surface area contributed by atoms with Crippen LogP contribution in [0, 0.1) is 6.92 Å². The smallest absolute Gasteiger partial charge is 0.174 e. The summed E-state index contributed by atoms with van der Waals surface area (Å²) in [5.74, 6) is 1.02. The first-order valence-corrected chi connectivity index (χ1v) is 7.30. The van der Waals surface area contributed by atoms with E-state index in [9.17, 15) is 9.90 Å². The highest BCUT2D eigenvalue weighted by atomic mass is 16.7. The van der Waals surface area contributed by atoms with Crippen molar-refractivity contribution >= 4 is 17.1 Å². The third kappa shape index (κ3) is 2.96. The monoisotopic (exact) mass is 310 g/mol. The van der Waals surface area contributed by atoms with Crippen LogP contribution in [0.1, 0.15) is 12.5 Å². The van der Waals surface area contributed by atoms with Crippen LogP contribution in [-0.2, 0) is 0 Å². The van der Waals surface area contributed by atoms with Gasteiger partial charge in [0.05, 0.1) is 23.1 Å². The zero-order valence-corrected chi connectivity index (χ0v) is 12.9. The molecule has 0 radical (unpaired) electrons. The lowest BCUT2D eigenvalue weighted by molar-refractivity contribution is -0.287. The lowest BCUT2D eigenvalue weighted by atomic mass is 10.2. The minimum absolute atomic E-state index is 0.163. The number of hydrogen-bond donors (Lipinski definition) is 1. The molecule has 1 amide bonds. The van der Waals surface area contributed by atoms with Gasteiger partial charge in [-0.25, -0.2) is 4.98 Å². The van der Waals surface area contributed by atoms with E-state index in [2.05, 4.69) is 9.97 Å². The third-order valence-electron chi connectivity index (χ3n) is 3.48. The standard InChI is InChI=1S/C17H17N3O3/c1-3-20(17(21)22)23-15-7-5-4-6-12(15)16-18-13-9-8-11(2)10-14(13)19-16/h4-10H,3H2,1-2H3,(H,18,19)(H,21,22)/p-1. The first-order valence-electron chi connectivity index (χ1n) is 7.30. The van der Waals surface area contributed by atoms with Crippen molar-refractivity contribution in [3.8, 4) is 17.1 Å². The number of carbonyl (C=O) groups is 1. The normalized spacial score (nSPS) is 10.7. The van der Waals surface area contributed by atoms with Gasteiger partial charge in [0.15, 0.2) is 11.8 Å². The molecular weight excluding hydrogens is 294 g/mol. The molecule has 6 nitrogen and oxygen atoms in total. The van der Waals surface area contributed by atoms with E-state index in [1.165, 1.54) is 0 Å². The molecule has 1 N–H and O–H groups in total. The fourth-order valence-electron chi connectivity index (χ4n) is 2.34. The topological polar surface area (TPSA) is 81.3 Å². The molecule has 0 atom stereocenters. The highest BCUT2D eigenvalue weighted by molar-refractivity contribution is 5.81. The summed E-state index contributed by atoms with van der Waals surface area (Å²) in [6, 6.07) is 13.1. The van der Waals surface area contributed by atoms with E-state index in [1.807, 2.05) is 37.3 Å². The number of para-hydroxylation sites is 1. The van der Waals surface area contributed by atoms with Gasteiger partial charge in [0.2, 0.25) is 0 Å². The van der Waals surface area contributed by atoms with Gasteiger partial charge >= 0.3 is 0 Å². The second-order valence-corrected chi connectivity index (χ2v) is 5.15. The summed E-state index contributed by atoms with van der Waals surface area (Å²) < 4.78 is 0. The minimum Gasteiger partial charge on any atom is -0.528 e. The number of fused-ring (bicyclic) bond motifs is 1. The zero-order valence-electron chi connectivity index (χ0n) is 12.9. The molecule has 0 aliphatic heterocycles. The molecule has 118 valence electrons. The molecule has 0 aliphatic rings. The number of H-pyrrole nitrogens is 1. The number of amides is 1. The number of rotatable bonds is 4. The van der Waals surface area contributed by atoms with Gasteiger partial charge in [-0.3, -0.25) is 0 Å². The average Bonchev–Trinajstić information content (AvgIpc) is 2.95. The van der Waals surface area contributed by atoms with E-state index in [-0.39, 0.29) is 6.54 Å². The molecule has 6 heteroatoms. The molecule has 2 aromatic carbocycles. The van der Waals surface area contributed by atoms with Crippen molar-refractivity contribution in [2.75, 3.05) is 6.54 Å². The number of nitrogens with zero attached hydrogens (tertiary/aromatic N) is 2. The number of hydrogen-bond acceptors (Lipinski definition) is 4. The summed E-state index contributed by atoms with van der Waals surface area (Å²) in [4.78, 5) is 24.3. The van der Waals surface area contributed by atoms with Crippen LogP contribution >= 0.6 is 0 Å². The van der Waals surface area contributed by atoms with E-state index >= 15 is 0 Å². The fraction of sp³-hybridized carbons (Fsp3) is 0.176. The van der Waals surface area contributed by atoms with E-state index in [0.29, 0.717) is 17.1 Å². The van der Waals surface area contributed by atoms with Crippen LogP contribution in [0.25, 0.3) is 22.4 Å². The van der Waals surface area contributed by atoms with Crippen molar-refractivity contribution in [2.24, 2.45) is 0 Å². The average molecular weight is 310 g/mol. The molecule has 0 bridgehead atoms. The molecule has 0 saturated heterocycles. The highest BCUT2D eigenvalue weighted by Crippen LogP contribution is 2.30. The fourth-order valence-corrected chi connectivity index (χ4v) is 2.34. The molecule has 3 rings (SSSR count). The molecule has 23 heavy (non-hydrogen) atoms. The Hall–Kier alpha value is -3.02. The van der Waals surface area contributed by atoms with Crippen molar-refractivity contribution < 1.29 is 14.7 Å². The van der Waals surface area contributed by atoms with Crippen molar-refractivity contribution in [1.29, 1.82) is 0 Å². The van der Waals surface area contributed by atoms with E-state index in [1.54, 1.807) is 19.1 Å². The first kappa shape index (κ1) is 14.9. The lowest BCUT2D eigenvalue weighted by Crippen LogP contribution is -2.43. The molecular formula is C17H16N3O3-. The molecule has 0 unspecified atom stereocenters. The summed E-state index contributed by atoms with van der Waals surface area (Å²) >= 11 is 0. The number of benzene rings is 2. The summed E-state index contributed by atoms with van der Waals surface area (Å²) in [6.07, 6.45) is -1.39. The maximum absolute atomic E-state index is 11.0. The van der Waals surface area contributed by atoms with E-state index < -0.39 is 6.09 Å². The van der Waals surface area contributed by atoms with Crippen LogP contribution in [0.4, 0.5) is 4.79 Å². The molecule has 1 heterocycles. The van der Waals surface area contributed by atoms with Crippen LogP contribution in [0.2, 0.25) is 0 Å².